The monoisotopic (exact) mass is 315 g/mol. The molecule has 3 rings (SSSR count). The fourth-order valence-electron chi connectivity index (χ4n) is 2.98. The Morgan fingerprint density at radius 2 is 2.17 bits per heavy atom. The lowest BCUT2D eigenvalue weighted by Crippen LogP contribution is -2.38. The van der Waals surface area contributed by atoms with E-state index < -0.39 is 11.9 Å². The molecule has 7 nitrogen and oxygen atoms in total. The second kappa shape index (κ2) is 5.98. The summed E-state index contributed by atoms with van der Waals surface area (Å²) in [6, 6.07) is 3.75. The Morgan fingerprint density at radius 3 is 2.78 bits per heavy atom. The van der Waals surface area contributed by atoms with Crippen LogP contribution in [0.15, 0.2) is 18.5 Å². The first-order chi connectivity index (χ1) is 11.0. The van der Waals surface area contributed by atoms with Gasteiger partial charge in [0.2, 0.25) is 0 Å². The average molecular weight is 315 g/mol. The summed E-state index contributed by atoms with van der Waals surface area (Å²) < 4.78 is 1.98. The Morgan fingerprint density at radius 1 is 1.39 bits per heavy atom. The van der Waals surface area contributed by atoms with Crippen LogP contribution < -0.4 is 4.90 Å². The van der Waals surface area contributed by atoms with Crippen LogP contribution in [-0.2, 0) is 17.9 Å². The van der Waals surface area contributed by atoms with E-state index in [4.69, 9.17) is 0 Å². The first-order valence-electron chi connectivity index (χ1n) is 7.77. The van der Waals surface area contributed by atoms with E-state index in [0.717, 1.165) is 23.6 Å². The normalized spacial score (nSPS) is 17.4. The number of fused-ring (bicyclic) bond motifs is 1. The van der Waals surface area contributed by atoms with Crippen molar-refractivity contribution in [1.29, 1.82) is 0 Å². The molecule has 7 heteroatoms. The lowest BCUT2D eigenvalue weighted by molar-refractivity contribution is -0.138. The molecule has 0 radical (unpaired) electrons. The average Bonchev–Trinajstić information content (AvgIpc) is 2.89. The van der Waals surface area contributed by atoms with Gasteiger partial charge in [0.1, 0.15) is 5.92 Å². The van der Waals surface area contributed by atoms with Crippen LogP contribution in [0.4, 0.5) is 5.82 Å². The Kier molecular flexibility index (Phi) is 4.02. The summed E-state index contributed by atoms with van der Waals surface area (Å²) in [6.45, 7) is 7.80. The van der Waals surface area contributed by atoms with Crippen LogP contribution in [0.25, 0.3) is 0 Å². The topological polar surface area (TPSA) is 84.1 Å². The van der Waals surface area contributed by atoms with Gasteiger partial charge in [-0.25, -0.2) is 4.98 Å². The summed E-state index contributed by atoms with van der Waals surface area (Å²) in [7, 11) is 0. The molecule has 1 aliphatic rings. The highest BCUT2D eigenvalue weighted by Crippen LogP contribution is 2.30. The molecule has 2 aromatic heterocycles. The second-order valence-electron chi connectivity index (χ2n) is 6.43. The van der Waals surface area contributed by atoms with Gasteiger partial charge < -0.3 is 14.6 Å². The van der Waals surface area contributed by atoms with Gasteiger partial charge in [-0.3, -0.25) is 4.79 Å². The number of anilines is 1. The predicted molar refractivity (Wildman–Crippen MR) is 85.3 cm³/mol. The maximum absolute atomic E-state index is 11.8. The minimum Gasteiger partial charge on any atom is -0.481 e. The largest absolute Gasteiger partial charge is 0.481 e. The molecule has 23 heavy (non-hydrogen) atoms. The third-order valence-electron chi connectivity index (χ3n) is 4.00. The molecular formula is C16H21N5O2. The summed E-state index contributed by atoms with van der Waals surface area (Å²) >= 11 is 0. The van der Waals surface area contributed by atoms with Gasteiger partial charge in [-0.15, -0.1) is 5.10 Å². The first-order valence-corrected chi connectivity index (χ1v) is 7.77. The van der Waals surface area contributed by atoms with Crippen molar-refractivity contribution in [3.8, 4) is 0 Å². The van der Waals surface area contributed by atoms with Gasteiger partial charge in [0.15, 0.2) is 5.82 Å². The van der Waals surface area contributed by atoms with Gasteiger partial charge in [-0.2, -0.15) is 5.10 Å². The summed E-state index contributed by atoms with van der Waals surface area (Å²) in [5.74, 6) is -0.320. The highest BCUT2D eigenvalue weighted by atomic mass is 16.4. The first kappa shape index (κ1) is 15.5. The molecule has 1 atom stereocenters. The minimum atomic E-state index is -0.832. The van der Waals surface area contributed by atoms with Gasteiger partial charge >= 0.3 is 5.97 Å². The van der Waals surface area contributed by atoms with Gasteiger partial charge in [-0.1, -0.05) is 13.8 Å². The van der Waals surface area contributed by atoms with Crippen molar-refractivity contribution in [3.63, 3.8) is 0 Å². The number of hydrogen-bond donors (Lipinski definition) is 1. The van der Waals surface area contributed by atoms with Crippen LogP contribution in [0.5, 0.6) is 0 Å². The summed E-state index contributed by atoms with van der Waals surface area (Å²) in [5, 5.41) is 17.9. The maximum atomic E-state index is 11.8. The molecule has 0 amide bonds. The number of carboxylic acid groups (broad SMARTS) is 1. The molecule has 3 heterocycles. The predicted octanol–water partition coefficient (Wildman–Crippen LogP) is 1.83. The lowest BCUT2D eigenvalue weighted by atomic mass is 9.98. The number of nitrogens with zero attached hydrogens (tertiary/aromatic N) is 5. The molecule has 0 spiro atoms. The molecular weight excluding hydrogens is 294 g/mol. The van der Waals surface area contributed by atoms with Crippen molar-refractivity contribution in [3.05, 3.63) is 35.5 Å². The zero-order valence-corrected chi connectivity index (χ0v) is 13.6. The fraction of sp³-hybridized carbons (Fsp3) is 0.500. The number of aryl methyl sites for hydroxylation is 1. The van der Waals surface area contributed by atoms with Crippen LogP contribution in [0.1, 0.15) is 36.8 Å². The zero-order valence-electron chi connectivity index (χ0n) is 13.6. The van der Waals surface area contributed by atoms with E-state index >= 15 is 0 Å². The molecule has 2 aromatic rings. The standard InChI is InChI=1S/C16H21N5O2/c1-10(2)6-21-9-17-13-8-20(7-12(15(13)21)16(22)23)14-5-4-11(3)18-19-14/h4-5,9-10,12H,6-8H2,1-3H3,(H,22,23). The molecule has 1 aliphatic heterocycles. The highest BCUT2D eigenvalue weighted by Gasteiger charge is 2.35. The Labute approximate surface area is 135 Å². The van der Waals surface area contributed by atoms with E-state index in [1.165, 1.54) is 0 Å². The van der Waals surface area contributed by atoms with Crippen molar-refractivity contribution in [2.75, 3.05) is 11.4 Å². The SMILES string of the molecule is Cc1ccc(N2Cc3ncn(CC(C)C)c3C(C(=O)O)C2)nn1. The van der Waals surface area contributed by atoms with E-state index in [1.54, 1.807) is 6.33 Å². The molecule has 0 fully saturated rings. The van der Waals surface area contributed by atoms with Crippen molar-refractivity contribution < 1.29 is 9.90 Å². The Balaban J connectivity index is 1.95. The molecule has 122 valence electrons. The van der Waals surface area contributed by atoms with E-state index in [2.05, 4.69) is 29.0 Å². The van der Waals surface area contributed by atoms with E-state index in [1.807, 2.05) is 28.5 Å². The van der Waals surface area contributed by atoms with E-state index in [0.29, 0.717) is 24.8 Å². The van der Waals surface area contributed by atoms with E-state index in [9.17, 15) is 9.90 Å². The Hall–Kier alpha value is -2.44. The van der Waals surface area contributed by atoms with Crippen LogP contribution in [-0.4, -0.2) is 37.4 Å². The van der Waals surface area contributed by atoms with Gasteiger partial charge in [0.25, 0.3) is 0 Å². The van der Waals surface area contributed by atoms with Crippen molar-refractivity contribution in [2.45, 2.75) is 39.8 Å². The Bertz CT molecular complexity index is 708. The molecule has 0 aromatic carbocycles. The van der Waals surface area contributed by atoms with Crippen molar-refractivity contribution >= 4 is 11.8 Å². The number of rotatable bonds is 4. The van der Waals surface area contributed by atoms with Crippen LogP contribution >= 0.6 is 0 Å². The van der Waals surface area contributed by atoms with Crippen molar-refractivity contribution in [2.24, 2.45) is 5.92 Å². The van der Waals surface area contributed by atoms with Crippen LogP contribution in [0.3, 0.4) is 0 Å². The minimum absolute atomic E-state index is 0.379. The molecule has 0 aliphatic carbocycles. The van der Waals surface area contributed by atoms with Gasteiger partial charge in [0.05, 0.1) is 30.0 Å². The summed E-state index contributed by atoms with van der Waals surface area (Å²) in [6.07, 6.45) is 1.75. The summed E-state index contributed by atoms with van der Waals surface area (Å²) in [4.78, 5) is 18.2. The molecule has 0 saturated heterocycles. The third kappa shape index (κ3) is 3.04. The highest BCUT2D eigenvalue weighted by molar-refractivity contribution is 5.77. The smallest absolute Gasteiger partial charge is 0.314 e. The lowest BCUT2D eigenvalue weighted by Gasteiger charge is -2.32. The number of carboxylic acids is 1. The number of imidazole rings is 1. The van der Waals surface area contributed by atoms with Gasteiger partial charge in [-0.05, 0) is 25.0 Å². The zero-order chi connectivity index (χ0) is 16.6. The number of aliphatic carboxylic acids is 1. The number of carbonyl (C=O) groups is 1. The maximum Gasteiger partial charge on any atom is 0.314 e. The second-order valence-corrected chi connectivity index (χ2v) is 6.43. The van der Waals surface area contributed by atoms with Crippen LogP contribution in [0.2, 0.25) is 0 Å². The molecule has 1 unspecified atom stereocenters. The van der Waals surface area contributed by atoms with Gasteiger partial charge in [0, 0.05) is 13.1 Å². The number of hydrogen-bond acceptors (Lipinski definition) is 5. The van der Waals surface area contributed by atoms with Crippen LogP contribution in [0, 0.1) is 12.8 Å². The van der Waals surface area contributed by atoms with E-state index in [-0.39, 0.29) is 0 Å². The molecule has 0 saturated carbocycles. The fourth-order valence-corrected chi connectivity index (χ4v) is 2.98. The quantitative estimate of drug-likeness (QED) is 0.926. The molecule has 1 N–H and O–H groups in total. The number of aromatic nitrogens is 4. The third-order valence-corrected chi connectivity index (χ3v) is 4.00. The molecule has 0 bridgehead atoms. The van der Waals surface area contributed by atoms with Crippen molar-refractivity contribution in [1.82, 2.24) is 19.7 Å². The summed E-state index contributed by atoms with van der Waals surface area (Å²) in [5.41, 5.74) is 2.47.